The van der Waals surface area contributed by atoms with E-state index < -0.39 is 0 Å². The molecule has 1 aliphatic rings. The quantitative estimate of drug-likeness (QED) is 0.586. The van der Waals surface area contributed by atoms with Crippen molar-refractivity contribution >= 4 is 0 Å². The first kappa shape index (κ1) is 12.0. The highest BCUT2D eigenvalue weighted by Gasteiger charge is 2.18. The lowest BCUT2D eigenvalue weighted by Crippen LogP contribution is -2.23. The van der Waals surface area contributed by atoms with Crippen LogP contribution in [0.1, 0.15) is 19.3 Å². The number of hydrogen-bond acceptors (Lipinski definition) is 3. The molecule has 0 aliphatic carbocycles. The van der Waals surface area contributed by atoms with Gasteiger partial charge in [0.15, 0.2) is 0 Å². The van der Waals surface area contributed by atoms with Gasteiger partial charge < -0.3 is 15.5 Å². The Morgan fingerprint density at radius 2 is 2.14 bits per heavy atom. The third-order valence-electron chi connectivity index (χ3n) is 3.00. The lowest BCUT2D eigenvalue weighted by atomic mass is 10.1. The van der Waals surface area contributed by atoms with Crippen molar-refractivity contribution < 1.29 is 0 Å². The van der Waals surface area contributed by atoms with Gasteiger partial charge in [-0.3, -0.25) is 0 Å². The second kappa shape index (κ2) is 7.21. The van der Waals surface area contributed by atoms with Gasteiger partial charge in [-0.25, -0.2) is 0 Å². The van der Waals surface area contributed by atoms with Gasteiger partial charge in [0, 0.05) is 6.54 Å². The normalized spacial score (nSPS) is 23.1. The molecule has 0 aromatic carbocycles. The number of likely N-dealkylation sites (tertiary alicyclic amines) is 1. The van der Waals surface area contributed by atoms with Gasteiger partial charge in [0.2, 0.25) is 0 Å². The average molecular weight is 199 g/mol. The third-order valence-corrected chi connectivity index (χ3v) is 3.00. The van der Waals surface area contributed by atoms with E-state index in [1.54, 1.807) is 0 Å². The Balaban J connectivity index is 1.84. The molecule has 0 saturated carbocycles. The zero-order valence-corrected chi connectivity index (χ0v) is 9.68. The van der Waals surface area contributed by atoms with E-state index in [1.165, 1.54) is 38.9 Å². The van der Waals surface area contributed by atoms with Crippen molar-refractivity contribution in [2.45, 2.75) is 19.3 Å². The topological polar surface area (TPSA) is 27.3 Å². The molecule has 0 amide bonds. The lowest BCUT2D eigenvalue weighted by Gasteiger charge is -2.10. The Labute approximate surface area is 88.2 Å². The Morgan fingerprint density at radius 3 is 2.79 bits per heavy atom. The molecule has 1 fully saturated rings. The molecule has 1 rings (SSSR count). The molecule has 1 heterocycles. The molecule has 3 nitrogen and oxygen atoms in total. The summed E-state index contributed by atoms with van der Waals surface area (Å²) in [5.41, 5.74) is 0. The van der Waals surface area contributed by atoms with Crippen LogP contribution in [0.15, 0.2) is 0 Å². The summed E-state index contributed by atoms with van der Waals surface area (Å²) in [6.07, 6.45) is 3.99. The molecule has 3 heteroatoms. The molecule has 0 bridgehead atoms. The fourth-order valence-corrected chi connectivity index (χ4v) is 2.08. The van der Waals surface area contributed by atoms with Crippen LogP contribution in [0.3, 0.4) is 0 Å². The molecule has 84 valence electrons. The predicted octanol–water partition coefficient (Wildman–Crippen LogP) is 0.527. The first-order chi connectivity index (χ1) is 6.83. The maximum absolute atomic E-state index is 3.50. The standard InChI is InChI=1S/C11H25N3/c1-12-6-3-7-13-8-4-11-5-9-14(2)10-11/h11-13H,3-10H2,1-2H3. The summed E-state index contributed by atoms with van der Waals surface area (Å²) in [7, 11) is 4.23. The lowest BCUT2D eigenvalue weighted by molar-refractivity contribution is 0.385. The molecule has 14 heavy (non-hydrogen) atoms. The number of rotatable bonds is 7. The molecule has 1 atom stereocenters. The van der Waals surface area contributed by atoms with Gasteiger partial charge in [-0.1, -0.05) is 0 Å². The zero-order valence-electron chi connectivity index (χ0n) is 9.68. The Hall–Kier alpha value is -0.120. The maximum Gasteiger partial charge on any atom is 0.000756 e. The van der Waals surface area contributed by atoms with Crippen molar-refractivity contribution in [1.29, 1.82) is 0 Å². The molecule has 0 aromatic heterocycles. The predicted molar refractivity (Wildman–Crippen MR) is 61.6 cm³/mol. The monoisotopic (exact) mass is 199 g/mol. The summed E-state index contributed by atoms with van der Waals surface area (Å²) in [6, 6.07) is 0. The Morgan fingerprint density at radius 1 is 1.29 bits per heavy atom. The zero-order chi connectivity index (χ0) is 10.2. The maximum atomic E-state index is 3.50. The molecule has 1 saturated heterocycles. The Kier molecular flexibility index (Phi) is 6.15. The molecule has 1 unspecified atom stereocenters. The molecule has 0 aromatic rings. The van der Waals surface area contributed by atoms with Crippen LogP contribution in [0.5, 0.6) is 0 Å². The van der Waals surface area contributed by atoms with Gasteiger partial charge in [0.05, 0.1) is 0 Å². The van der Waals surface area contributed by atoms with Crippen LogP contribution in [0.2, 0.25) is 0 Å². The fraction of sp³-hybridized carbons (Fsp3) is 1.00. The molecular weight excluding hydrogens is 174 g/mol. The van der Waals surface area contributed by atoms with Crippen molar-refractivity contribution in [3.8, 4) is 0 Å². The summed E-state index contributed by atoms with van der Waals surface area (Å²) in [4.78, 5) is 2.44. The van der Waals surface area contributed by atoms with E-state index in [0.717, 1.165) is 19.0 Å². The van der Waals surface area contributed by atoms with E-state index in [4.69, 9.17) is 0 Å². The van der Waals surface area contributed by atoms with Gasteiger partial charge in [0.1, 0.15) is 0 Å². The van der Waals surface area contributed by atoms with Gasteiger partial charge in [-0.05, 0) is 65.5 Å². The van der Waals surface area contributed by atoms with Crippen LogP contribution in [-0.4, -0.2) is 51.7 Å². The minimum absolute atomic E-state index is 0.941. The van der Waals surface area contributed by atoms with E-state index in [0.29, 0.717) is 0 Å². The summed E-state index contributed by atoms with van der Waals surface area (Å²) >= 11 is 0. The summed E-state index contributed by atoms with van der Waals surface area (Å²) in [6.45, 7) is 6.08. The number of hydrogen-bond donors (Lipinski definition) is 2. The number of nitrogens with one attached hydrogen (secondary N) is 2. The smallest absolute Gasteiger partial charge is 0.000756 e. The van der Waals surface area contributed by atoms with Crippen molar-refractivity contribution in [3.05, 3.63) is 0 Å². The highest BCUT2D eigenvalue weighted by molar-refractivity contribution is 4.73. The van der Waals surface area contributed by atoms with E-state index in [1.807, 2.05) is 7.05 Å². The second-order valence-corrected chi connectivity index (χ2v) is 4.41. The van der Waals surface area contributed by atoms with Crippen molar-refractivity contribution in [1.82, 2.24) is 15.5 Å². The largest absolute Gasteiger partial charge is 0.320 e. The highest BCUT2D eigenvalue weighted by atomic mass is 15.1. The van der Waals surface area contributed by atoms with Gasteiger partial charge in [-0.15, -0.1) is 0 Å². The highest BCUT2D eigenvalue weighted by Crippen LogP contribution is 2.16. The van der Waals surface area contributed by atoms with E-state index in [2.05, 4.69) is 22.6 Å². The summed E-state index contributed by atoms with van der Waals surface area (Å²) in [5, 5.41) is 6.66. The Bertz CT molecular complexity index is 138. The first-order valence-corrected chi connectivity index (χ1v) is 5.87. The van der Waals surface area contributed by atoms with Gasteiger partial charge >= 0.3 is 0 Å². The molecule has 2 N–H and O–H groups in total. The minimum Gasteiger partial charge on any atom is -0.320 e. The SMILES string of the molecule is CNCCCNCCC1CCN(C)C1. The minimum atomic E-state index is 0.941. The van der Waals surface area contributed by atoms with Crippen molar-refractivity contribution in [2.24, 2.45) is 5.92 Å². The van der Waals surface area contributed by atoms with Gasteiger partial charge in [-0.2, -0.15) is 0 Å². The van der Waals surface area contributed by atoms with Crippen LogP contribution >= 0.6 is 0 Å². The van der Waals surface area contributed by atoms with Crippen LogP contribution in [0, 0.1) is 5.92 Å². The molecule has 0 spiro atoms. The van der Waals surface area contributed by atoms with Crippen molar-refractivity contribution in [3.63, 3.8) is 0 Å². The number of nitrogens with zero attached hydrogens (tertiary/aromatic N) is 1. The average Bonchev–Trinajstić information content (AvgIpc) is 2.58. The van der Waals surface area contributed by atoms with E-state index in [-0.39, 0.29) is 0 Å². The van der Waals surface area contributed by atoms with Crippen LogP contribution in [0.25, 0.3) is 0 Å². The fourth-order valence-electron chi connectivity index (χ4n) is 2.08. The van der Waals surface area contributed by atoms with Crippen molar-refractivity contribution in [2.75, 3.05) is 46.8 Å². The summed E-state index contributed by atoms with van der Waals surface area (Å²) in [5.74, 6) is 0.941. The molecular formula is C11H25N3. The van der Waals surface area contributed by atoms with Crippen LogP contribution < -0.4 is 10.6 Å². The van der Waals surface area contributed by atoms with E-state index in [9.17, 15) is 0 Å². The first-order valence-electron chi connectivity index (χ1n) is 5.87. The van der Waals surface area contributed by atoms with Crippen LogP contribution in [-0.2, 0) is 0 Å². The second-order valence-electron chi connectivity index (χ2n) is 4.41. The van der Waals surface area contributed by atoms with E-state index >= 15 is 0 Å². The van der Waals surface area contributed by atoms with Gasteiger partial charge in [0.25, 0.3) is 0 Å². The molecule has 1 aliphatic heterocycles. The molecule has 0 radical (unpaired) electrons. The third kappa shape index (κ3) is 4.94. The van der Waals surface area contributed by atoms with Crippen LogP contribution in [0.4, 0.5) is 0 Å². The summed E-state index contributed by atoms with van der Waals surface area (Å²) < 4.78 is 0.